The fourth-order valence-corrected chi connectivity index (χ4v) is 4.35. The van der Waals surface area contributed by atoms with Crippen molar-refractivity contribution in [1.82, 2.24) is 4.98 Å². The first kappa shape index (κ1) is 24.2. The molecule has 36 heavy (non-hydrogen) atoms. The highest BCUT2D eigenvalue weighted by Gasteiger charge is 2.14. The van der Waals surface area contributed by atoms with Crippen molar-refractivity contribution in [2.75, 3.05) is 5.32 Å². The molecule has 2 aromatic heterocycles. The van der Waals surface area contributed by atoms with Gasteiger partial charge in [-0.2, -0.15) is 0 Å². The Bertz CT molecular complexity index is 1650. The standard InChI is InChI=1S/C28H19Cl3N2O3/c1-15-3-5-17(11-21(15)30)25-9-7-20(35-25)8-10-26(34)32-23-12-18(6-4-16(23)2)28-33-24-14-19(29)13-22(31)27(24)36-28/h3-14H,1-2H3,(H,32,34). The van der Waals surface area contributed by atoms with Crippen LogP contribution in [0.2, 0.25) is 15.1 Å². The molecule has 5 nitrogen and oxygen atoms in total. The molecule has 0 saturated heterocycles. The molecule has 0 spiro atoms. The van der Waals surface area contributed by atoms with Crippen LogP contribution >= 0.6 is 34.8 Å². The molecule has 0 saturated carbocycles. The van der Waals surface area contributed by atoms with Crippen molar-refractivity contribution in [3.8, 4) is 22.8 Å². The van der Waals surface area contributed by atoms with Crippen LogP contribution in [0.3, 0.4) is 0 Å². The first-order valence-electron chi connectivity index (χ1n) is 11.0. The number of aryl methyl sites for hydroxylation is 2. The lowest BCUT2D eigenvalue weighted by Gasteiger charge is -2.08. The van der Waals surface area contributed by atoms with E-state index in [0.29, 0.717) is 54.8 Å². The number of fused-ring (bicyclic) bond motifs is 1. The molecule has 0 unspecified atom stereocenters. The molecular formula is C28H19Cl3N2O3. The van der Waals surface area contributed by atoms with E-state index in [-0.39, 0.29) is 5.91 Å². The summed E-state index contributed by atoms with van der Waals surface area (Å²) in [7, 11) is 0. The van der Waals surface area contributed by atoms with Crippen LogP contribution in [-0.4, -0.2) is 10.9 Å². The molecule has 0 aliphatic heterocycles. The minimum absolute atomic E-state index is 0.307. The molecule has 2 heterocycles. The van der Waals surface area contributed by atoms with Gasteiger partial charge in [0, 0.05) is 32.9 Å². The highest BCUT2D eigenvalue weighted by Crippen LogP contribution is 2.33. The predicted octanol–water partition coefficient (Wildman–Crippen LogP) is 8.98. The third-order valence-corrected chi connectivity index (χ3v) is 6.54. The van der Waals surface area contributed by atoms with Gasteiger partial charge >= 0.3 is 0 Å². The number of carbonyl (C=O) groups excluding carboxylic acids is 1. The number of benzene rings is 3. The minimum Gasteiger partial charge on any atom is -0.457 e. The van der Waals surface area contributed by atoms with E-state index in [1.165, 1.54) is 6.08 Å². The summed E-state index contributed by atoms with van der Waals surface area (Å²) in [5.41, 5.74) is 5.07. The summed E-state index contributed by atoms with van der Waals surface area (Å²) < 4.78 is 11.7. The Morgan fingerprint density at radius 2 is 1.64 bits per heavy atom. The number of anilines is 1. The first-order chi connectivity index (χ1) is 17.3. The average Bonchev–Trinajstić information content (AvgIpc) is 3.48. The number of nitrogens with one attached hydrogen (secondary N) is 1. The molecule has 5 rings (SSSR count). The molecule has 5 aromatic rings. The highest BCUT2D eigenvalue weighted by atomic mass is 35.5. The maximum Gasteiger partial charge on any atom is 0.248 e. The Kier molecular flexibility index (Phi) is 6.63. The van der Waals surface area contributed by atoms with Gasteiger partial charge in [-0.25, -0.2) is 4.98 Å². The second kappa shape index (κ2) is 9.86. The Morgan fingerprint density at radius 1 is 0.861 bits per heavy atom. The quantitative estimate of drug-likeness (QED) is 0.227. The molecule has 1 N–H and O–H groups in total. The molecule has 0 bridgehead atoms. The average molecular weight is 538 g/mol. The molecule has 0 fully saturated rings. The fourth-order valence-electron chi connectivity index (χ4n) is 3.65. The van der Waals surface area contributed by atoms with E-state index in [9.17, 15) is 4.79 Å². The zero-order chi connectivity index (χ0) is 25.4. The maximum atomic E-state index is 12.6. The number of hydrogen-bond donors (Lipinski definition) is 1. The zero-order valence-electron chi connectivity index (χ0n) is 19.2. The van der Waals surface area contributed by atoms with Gasteiger partial charge in [-0.3, -0.25) is 4.79 Å². The van der Waals surface area contributed by atoms with Gasteiger partial charge in [0.25, 0.3) is 0 Å². The fraction of sp³-hybridized carbons (Fsp3) is 0.0714. The number of carbonyl (C=O) groups is 1. The van der Waals surface area contributed by atoms with Gasteiger partial charge in [0.05, 0.1) is 5.02 Å². The Balaban J connectivity index is 1.33. The van der Waals surface area contributed by atoms with Crippen LogP contribution in [0, 0.1) is 13.8 Å². The number of oxazole rings is 1. The second-order valence-electron chi connectivity index (χ2n) is 8.27. The van der Waals surface area contributed by atoms with Crippen LogP contribution in [0.25, 0.3) is 40.0 Å². The van der Waals surface area contributed by atoms with Crippen molar-refractivity contribution in [1.29, 1.82) is 0 Å². The van der Waals surface area contributed by atoms with Crippen LogP contribution in [0.1, 0.15) is 16.9 Å². The van der Waals surface area contributed by atoms with Crippen molar-refractivity contribution in [2.24, 2.45) is 0 Å². The summed E-state index contributed by atoms with van der Waals surface area (Å²) in [5.74, 6) is 1.28. The van der Waals surface area contributed by atoms with Crippen molar-refractivity contribution >= 4 is 63.6 Å². The summed E-state index contributed by atoms with van der Waals surface area (Å²) in [5, 5.41) is 4.42. The van der Waals surface area contributed by atoms with Gasteiger partial charge in [0.1, 0.15) is 17.0 Å². The van der Waals surface area contributed by atoms with Gasteiger partial charge in [0.15, 0.2) is 5.58 Å². The van der Waals surface area contributed by atoms with Crippen molar-refractivity contribution in [3.05, 3.63) is 98.7 Å². The monoisotopic (exact) mass is 536 g/mol. The van der Waals surface area contributed by atoms with Crippen LogP contribution in [0.5, 0.6) is 0 Å². The summed E-state index contributed by atoms with van der Waals surface area (Å²) in [6.45, 7) is 3.84. The van der Waals surface area contributed by atoms with E-state index in [0.717, 1.165) is 16.7 Å². The second-order valence-corrected chi connectivity index (χ2v) is 9.52. The molecule has 0 radical (unpaired) electrons. The van der Waals surface area contributed by atoms with E-state index >= 15 is 0 Å². The molecule has 3 aromatic carbocycles. The van der Waals surface area contributed by atoms with E-state index in [1.54, 1.807) is 30.3 Å². The van der Waals surface area contributed by atoms with E-state index < -0.39 is 0 Å². The Hall–Kier alpha value is -3.51. The third kappa shape index (κ3) is 5.05. The van der Waals surface area contributed by atoms with Gasteiger partial charge in [-0.05, 0) is 73.5 Å². The lowest BCUT2D eigenvalue weighted by Crippen LogP contribution is -2.09. The Labute approximate surface area is 222 Å². The molecular weight excluding hydrogens is 519 g/mol. The zero-order valence-corrected chi connectivity index (χ0v) is 21.5. The van der Waals surface area contributed by atoms with Crippen molar-refractivity contribution < 1.29 is 13.6 Å². The number of amides is 1. The molecule has 0 atom stereocenters. The van der Waals surface area contributed by atoms with Crippen molar-refractivity contribution in [3.63, 3.8) is 0 Å². The van der Waals surface area contributed by atoms with Crippen LogP contribution in [0.15, 0.2) is 75.6 Å². The number of furan rings is 1. The van der Waals surface area contributed by atoms with Gasteiger partial charge in [0.2, 0.25) is 11.8 Å². The van der Waals surface area contributed by atoms with Gasteiger partial charge in [-0.1, -0.05) is 53.0 Å². The van der Waals surface area contributed by atoms with Crippen LogP contribution in [0.4, 0.5) is 5.69 Å². The third-order valence-electron chi connectivity index (χ3n) is 5.63. The Morgan fingerprint density at radius 3 is 2.44 bits per heavy atom. The maximum absolute atomic E-state index is 12.6. The van der Waals surface area contributed by atoms with E-state index in [2.05, 4.69) is 10.3 Å². The molecule has 0 aliphatic rings. The molecule has 1 amide bonds. The molecule has 8 heteroatoms. The summed E-state index contributed by atoms with van der Waals surface area (Å²) >= 11 is 18.5. The minimum atomic E-state index is -0.307. The highest BCUT2D eigenvalue weighted by molar-refractivity contribution is 6.38. The summed E-state index contributed by atoms with van der Waals surface area (Å²) in [6, 6.07) is 18.2. The first-order valence-corrected chi connectivity index (χ1v) is 12.1. The SMILES string of the molecule is Cc1ccc(-c2ccc(C=CC(=O)Nc3cc(-c4nc5cc(Cl)cc(Cl)c5o4)ccc3C)o2)cc1Cl. The molecule has 0 aliphatic carbocycles. The number of aromatic nitrogens is 1. The van der Waals surface area contributed by atoms with Crippen molar-refractivity contribution in [2.45, 2.75) is 13.8 Å². The number of hydrogen-bond acceptors (Lipinski definition) is 4. The van der Waals surface area contributed by atoms with Crippen LogP contribution < -0.4 is 5.32 Å². The lowest BCUT2D eigenvalue weighted by molar-refractivity contribution is -0.111. The van der Waals surface area contributed by atoms with Crippen LogP contribution in [-0.2, 0) is 4.79 Å². The number of nitrogens with zero attached hydrogens (tertiary/aromatic N) is 1. The van der Waals surface area contributed by atoms with E-state index in [1.807, 2.05) is 50.2 Å². The number of halogens is 3. The normalized spacial score (nSPS) is 11.5. The van der Waals surface area contributed by atoms with Gasteiger partial charge < -0.3 is 14.2 Å². The largest absolute Gasteiger partial charge is 0.457 e. The van der Waals surface area contributed by atoms with Gasteiger partial charge in [-0.15, -0.1) is 0 Å². The summed E-state index contributed by atoms with van der Waals surface area (Å²) in [4.78, 5) is 17.1. The lowest BCUT2D eigenvalue weighted by atomic mass is 10.1. The summed E-state index contributed by atoms with van der Waals surface area (Å²) in [6.07, 6.45) is 3.03. The number of rotatable bonds is 5. The smallest absolute Gasteiger partial charge is 0.248 e. The van der Waals surface area contributed by atoms with E-state index in [4.69, 9.17) is 43.6 Å². The predicted molar refractivity (Wildman–Crippen MR) is 146 cm³/mol. The topological polar surface area (TPSA) is 68.3 Å². The molecule has 180 valence electrons.